The van der Waals surface area contributed by atoms with Gasteiger partial charge in [0.1, 0.15) is 5.00 Å². The highest BCUT2D eigenvalue weighted by atomic mass is 32.1. The molecule has 1 aliphatic rings. The second kappa shape index (κ2) is 6.82. The van der Waals surface area contributed by atoms with Crippen molar-refractivity contribution >= 4 is 39.6 Å². The maximum Gasteiger partial charge on any atom is 0.341 e. The molecule has 5 nitrogen and oxygen atoms in total. The molecule has 0 spiro atoms. The number of thiophene rings is 2. The Kier molecular flexibility index (Phi) is 4.79. The number of amides is 1. The Bertz CT molecular complexity index is 722. The van der Waals surface area contributed by atoms with Crippen LogP contribution < -0.4 is 5.32 Å². The van der Waals surface area contributed by atoms with Crippen LogP contribution in [0.2, 0.25) is 0 Å². The summed E-state index contributed by atoms with van der Waals surface area (Å²) in [5.74, 6) is -0.534. The molecule has 1 amide bonds. The maximum absolute atomic E-state index is 12.4. The monoisotopic (exact) mass is 350 g/mol. The van der Waals surface area contributed by atoms with Crippen molar-refractivity contribution < 1.29 is 14.3 Å². The molecule has 2 aromatic rings. The zero-order chi connectivity index (χ0) is 16.4. The molecule has 2 aromatic heterocycles. The van der Waals surface area contributed by atoms with Gasteiger partial charge in [0.05, 0.1) is 17.0 Å². The number of ether oxygens (including phenoxy) is 1. The normalized spacial score (nSPS) is 14.3. The van der Waals surface area contributed by atoms with Crippen LogP contribution in [0.4, 0.5) is 5.00 Å². The van der Waals surface area contributed by atoms with E-state index in [1.54, 1.807) is 13.0 Å². The summed E-state index contributed by atoms with van der Waals surface area (Å²) in [6, 6.07) is 3.60. The van der Waals surface area contributed by atoms with E-state index in [0.29, 0.717) is 22.0 Å². The lowest BCUT2D eigenvalue weighted by Gasteiger charge is -2.22. The first kappa shape index (κ1) is 16.2. The molecule has 23 heavy (non-hydrogen) atoms. The molecule has 7 heteroatoms. The molecule has 1 aliphatic heterocycles. The van der Waals surface area contributed by atoms with E-state index in [2.05, 4.69) is 17.3 Å². The lowest BCUT2D eigenvalue weighted by Crippen LogP contribution is -2.26. The number of fused-ring (bicyclic) bond motifs is 1. The first-order valence-corrected chi connectivity index (χ1v) is 9.14. The van der Waals surface area contributed by atoms with Crippen molar-refractivity contribution in [2.45, 2.75) is 19.9 Å². The number of carbonyl (C=O) groups excluding carboxylic acids is 2. The summed E-state index contributed by atoms with van der Waals surface area (Å²) < 4.78 is 5.20. The first-order valence-electron chi connectivity index (χ1n) is 7.45. The zero-order valence-corrected chi connectivity index (χ0v) is 14.7. The van der Waals surface area contributed by atoms with E-state index in [0.717, 1.165) is 30.0 Å². The average molecular weight is 350 g/mol. The molecule has 122 valence electrons. The molecular formula is C16H18N2O3S2. The summed E-state index contributed by atoms with van der Waals surface area (Å²) >= 11 is 2.85. The number of rotatable bonds is 4. The van der Waals surface area contributed by atoms with Crippen LogP contribution in [-0.4, -0.2) is 37.0 Å². The fraction of sp³-hybridized carbons (Fsp3) is 0.375. The van der Waals surface area contributed by atoms with E-state index >= 15 is 0 Å². The summed E-state index contributed by atoms with van der Waals surface area (Å²) in [4.78, 5) is 28.7. The fourth-order valence-corrected chi connectivity index (χ4v) is 4.54. The van der Waals surface area contributed by atoms with Crippen LogP contribution in [0.15, 0.2) is 17.5 Å². The van der Waals surface area contributed by atoms with E-state index in [-0.39, 0.29) is 11.9 Å². The average Bonchev–Trinajstić information content (AvgIpc) is 3.14. The molecule has 1 N–H and O–H groups in total. The third-order valence-corrected chi connectivity index (χ3v) is 5.70. The summed E-state index contributed by atoms with van der Waals surface area (Å²) in [7, 11) is 2.05. The number of nitrogens with one attached hydrogen (secondary N) is 1. The SMILES string of the molecule is CCOC(=O)c1c(NC(=O)c2cccs2)sc2c1CCN(C)C2. The Labute approximate surface area is 142 Å². The number of hydrogen-bond donors (Lipinski definition) is 1. The number of nitrogens with zero attached hydrogens (tertiary/aromatic N) is 1. The van der Waals surface area contributed by atoms with Crippen molar-refractivity contribution in [2.24, 2.45) is 0 Å². The van der Waals surface area contributed by atoms with Gasteiger partial charge in [-0.1, -0.05) is 6.07 Å². The molecule has 3 rings (SSSR count). The third kappa shape index (κ3) is 3.31. The minimum Gasteiger partial charge on any atom is -0.462 e. The van der Waals surface area contributed by atoms with Crippen molar-refractivity contribution in [3.63, 3.8) is 0 Å². The lowest BCUT2D eigenvalue weighted by molar-refractivity contribution is 0.0526. The van der Waals surface area contributed by atoms with Crippen molar-refractivity contribution in [1.29, 1.82) is 0 Å². The largest absolute Gasteiger partial charge is 0.462 e. The Morgan fingerprint density at radius 2 is 2.26 bits per heavy atom. The second-order valence-corrected chi connectivity index (χ2v) is 7.40. The van der Waals surface area contributed by atoms with Gasteiger partial charge in [0.25, 0.3) is 5.91 Å². The van der Waals surface area contributed by atoms with Gasteiger partial charge < -0.3 is 15.0 Å². The van der Waals surface area contributed by atoms with Gasteiger partial charge in [-0.05, 0) is 37.4 Å². The van der Waals surface area contributed by atoms with Gasteiger partial charge in [0.15, 0.2) is 0 Å². The van der Waals surface area contributed by atoms with Crippen LogP contribution in [0.1, 0.15) is 37.4 Å². The molecule has 3 heterocycles. The minimum atomic E-state index is -0.351. The number of likely N-dealkylation sites (N-methyl/N-ethyl adjacent to an activating group) is 1. The van der Waals surface area contributed by atoms with E-state index < -0.39 is 0 Å². The van der Waals surface area contributed by atoms with Gasteiger partial charge >= 0.3 is 5.97 Å². The molecule has 0 unspecified atom stereocenters. The van der Waals surface area contributed by atoms with E-state index in [9.17, 15) is 9.59 Å². The second-order valence-electron chi connectivity index (χ2n) is 5.35. The van der Waals surface area contributed by atoms with Crippen molar-refractivity contribution in [1.82, 2.24) is 4.90 Å². The van der Waals surface area contributed by atoms with Gasteiger partial charge in [0.2, 0.25) is 0 Å². The van der Waals surface area contributed by atoms with E-state index in [4.69, 9.17) is 4.74 Å². The molecule has 0 saturated heterocycles. The van der Waals surface area contributed by atoms with Crippen LogP contribution in [0, 0.1) is 0 Å². The van der Waals surface area contributed by atoms with Crippen LogP contribution in [0.5, 0.6) is 0 Å². The maximum atomic E-state index is 12.4. The number of esters is 1. The van der Waals surface area contributed by atoms with Gasteiger partial charge in [-0.25, -0.2) is 4.79 Å². The van der Waals surface area contributed by atoms with Gasteiger partial charge in [-0.15, -0.1) is 22.7 Å². The predicted octanol–water partition coefficient (Wildman–Crippen LogP) is 3.23. The summed E-state index contributed by atoms with van der Waals surface area (Å²) in [6.07, 6.45) is 0.797. The number of carbonyl (C=O) groups is 2. The van der Waals surface area contributed by atoms with E-state index in [1.165, 1.54) is 22.7 Å². The van der Waals surface area contributed by atoms with Gasteiger partial charge in [-0.2, -0.15) is 0 Å². The van der Waals surface area contributed by atoms with Crippen molar-refractivity contribution in [3.05, 3.63) is 38.4 Å². The summed E-state index contributed by atoms with van der Waals surface area (Å²) in [6.45, 7) is 3.80. The molecule has 0 atom stereocenters. The minimum absolute atomic E-state index is 0.183. The highest BCUT2D eigenvalue weighted by Crippen LogP contribution is 2.37. The van der Waals surface area contributed by atoms with E-state index in [1.807, 2.05) is 11.4 Å². The summed E-state index contributed by atoms with van der Waals surface area (Å²) in [5, 5.41) is 5.35. The highest BCUT2D eigenvalue weighted by molar-refractivity contribution is 7.17. The predicted molar refractivity (Wildman–Crippen MR) is 92.6 cm³/mol. The van der Waals surface area contributed by atoms with Crippen molar-refractivity contribution in [2.75, 3.05) is 25.5 Å². The van der Waals surface area contributed by atoms with Crippen LogP contribution >= 0.6 is 22.7 Å². The van der Waals surface area contributed by atoms with Crippen molar-refractivity contribution in [3.8, 4) is 0 Å². The van der Waals surface area contributed by atoms with Gasteiger partial charge in [-0.3, -0.25) is 4.79 Å². The van der Waals surface area contributed by atoms with Crippen LogP contribution in [-0.2, 0) is 17.7 Å². The zero-order valence-electron chi connectivity index (χ0n) is 13.0. The van der Waals surface area contributed by atoms with Gasteiger partial charge in [0, 0.05) is 18.0 Å². The molecule has 0 radical (unpaired) electrons. The summed E-state index contributed by atoms with van der Waals surface area (Å²) in [5.41, 5.74) is 1.55. The molecular weight excluding hydrogens is 332 g/mol. The van der Waals surface area contributed by atoms with Crippen LogP contribution in [0.3, 0.4) is 0 Å². The Hall–Kier alpha value is -1.70. The Balaban J connectivity index is 1.95. The number of anilines is 1. The molecule has 0 saturated carbocycles. The number of hydrogen-bond acceptors (Lipinski definition) is 6. The fourth-order valence-electron chi connectivity index (χ4n) is 2.61. The topological polar surface area (TPSA) is 58.6 Å². The quantitative estimate of drug-likeness (QED) is 0.860. The Morgan fingerprint density at radius 3 is 2.96 bits per heavy atom. The molecule has 0 bridgehead atoms. The highest BCUT2D eigenvalue weighted by Gasteiger charge is 2.28. The lowest BCUT2D eigenvalue weighted by atomic mass is 10.0. The Morgan fingerprint density at radius 1 is 1.43 bits per heavy atom. The third-order valence-electron chi connectivity index (χ3n) is 3.70. The molecule has 0 aliphatic carbocycles. The molecule has 0 aromatic carbocycles. The smallest absolute Gasteiger partial charge is 0.341 e. The molecule has 0 fully saturated rings. The van der Waals surface area contributed by atoms with Crippen LogP contribution in [0.25, 0.3) is 0 Å². The standard InChI is InChI=1S/C16H18N2O3S2/c1-3-21-16(20)13-10-6-7-18(2)9-12(10)23-15(13)17-14(19)11-5-4-8-22-11/h4-5,8H,3,6-7,9H2,1-2H3,(H,17,19). The first-order chi connectivity index (χ1) is 11.1.